The third-order valence-corrected chi connectivity index (χ3v) is 0.320. The van der Waals surface area contributed by atoms with Crippen molar-refractivity contribution in [1.82, 2.24) is 0 Å². The molecule has 0 aliphatic rings. The molecule has 0 aliphatic carbocycles. The molecule has 0 saturated carbocycles. The topological polar surface area (TPSA) is 12.4 Å². The number of nitrogens with zero attached hydrogens (tertiary/aromatic N) is 1. The maximum atomic E-state index is 11.4. The van der Waals surface area contributed by atoms with Crippen LogP contribution in [-0.4, -0.2) is 6.21 Å². The van der Waals surface area contributed by atoms with E-state index in [4.69, 9.17) is 0 Å². The molecule has 0 aliphatic heterocycles. The molecule has 0 bridgehead atoms. The Morgan fingerprint density at radius 1 is 1.56 bits per heavy atom. The lowest BCUT2D eigenvalue weighted by atomic mass is 10.7. The van der Waals surface area contributed by atoms with Crippen LogP contribution in [-0.2, 0) is 0 Å². The predicted octanol–water partition coefficient (Wildman–Crippen LogP) is 2.71. The Hall–Kier alpha value is -0.920. The number of allylic oxidation sites excluding steroid dienone is 1. The Labute approximate surface area is 55.6 Å². The first-order valence-corrected chi connectivity index (χ1v) is 2.77. The van der Waals surface area contributed by atoms with Crippen LogP contribution in [0.3, 0.4) is 0 Å². The summed E-state index contributed by atoms with van der Waals surface area (Å²) in [5, 5.41) is 0. The van der Waals surface area contributed by atoms with Crippen LogP contribution < -0.4 is 0 Å². The first-order chi connectivity index (χ1) is 4.27. The first-order valence-electron chi connectivity index (χ1n) is 2.77. The number of aliphatic imine (C=N–C) groups is 1. The van der Waals surface area contributed by atoms with Gasteiger partial charge >= 0.3 is 0 Å². The van der Waals surface area contributed by atoms with Gasteiger partial charge in [-0.15, -0.1) is 0 Å². The standard InChI is InChI=1S/C5H6FN.C2H6/c1-3-4-7-5(2)6;1-2/h3-4H,1-2H2;1-2H3/b7-4-;. The van der Waals surface area contributed by atoms with Gasteiger partial charge in [0.05, 0.1) is 0 Å². The smallest absolute Gasteiger partial charge is 0.205 e. The maximum absolute atomic E-state index is 11.4. The molecule has 0 atom stereocenters. The van der Waals surface area contributed by atoms with Crippen molar-refractivity contribution in [1.29, 1.82) is 0 Å². The highest BCUT2D eigenvalue weighted by Crippen LogP contribution is 1.88. The number of rotatable bonds is 2. The van der Waals surface area contributed by atoms with E-state index in [0.717, 1.165) is 0 Å². The van der Waals surface area contributed by atoms with Crippen molar-refractivity contribution < 1.29 is 4.39 Å². The Morgan fingerprint density at radius 3 is 2.11 bits per heavy atom. The van der Waals surface area contributed by atoms with E-state index in [9.17, 15) is 4.39 Å². The van der Waals surface area contributed by atoms with Crippen molar-refractivity contribution in [3.63, 3.8) is 0 Å². The molecular weight excluding hydrogens is 117 g/mol. The van der Waals surface area contributed by atoms with Gasteiger partial charge in [0.1, 0.15) is 0 Å². The number of hydrogen-bond donors (Lipinski definition) is 0. The fourth-order valence-corrected chi connectivity index (χ4v) is 0.134. The van der Waals surface area contributed by atoms with E-state index in [1.54, 1.807) is 0 Å². The van der Waals surface area contributed by atoms with Gasteiger partial charge in [-0.1, -0.05) is 26.5 Å². The van der Waals surface area contributed by atoms with Gasteiger partial charge in [0, 0.05) is 6.21 Å². The molecule has 2 heteroatoms. The minimum Gasteiger partial charge on any atom is -0.229 e. The lowest BCUT2D eigenvalue weighted by Crippen LogP contribution is -1.60. The molecule has 52 valence electrons. The Bertz CT molecular complexity index is 105. The minimum atomic E-state index is -0.695. The van der Waals surface area contributed by atoms with Crippen molar-refractivity contribution in [2.24, 2.45) is 4.99 Å². The summed E-state index contributed by atoms with van der Waals surface area (Å²) in [6.07, 6.45) is 2.62. The van der Waals surface area contributed by atoms with Crippen LogP contribution in [0, 0.1) is 0 Å². The van der Waals surface area contributed by atoms with Gasteiger partial charge in [-0.3, -0.25) is 0 Å². The van der Waals surface area contributed by atoms with Gasteiger partial charge in [-0.05, 0) is 6.58 Å². The molecular formula is C7H12FN. The highest BCUT2D eigenvalue weighted by Gasteiger charge is 1.71. The highest BCUT2D eigenvalue weighted by atomic mass is 19.1. The predicted molar refractivity (Wildman–Crippen MR) is 40.3 cm³/mol. The van der Waals surface area contributed by atoms with Crippen molar-refractivity contribution in [2.45, 2.75) is 13.8 Å². The van der Waals surface area contributed by atoms with Crippen molar-refractivity contribution in [3.05, 3.63) is 25.2 Å². The van der Waals surface area contributed by atoms with Gasteiger partial charge in [0.15, 0.2) is 0 Å². The first kappa shape index (κ1) is 11.0. The molecule has 0 radical (unpaired) electrons. The van der Waals surface area contributed by atoms with E-state index in [1.165, 1.54) is 12.3 Å². The summed E-state index contributed by atoms with van der Waals surface area (Å²) >= 11 is 0. The third kappa shape index (κ3) is 19.3. The summed E-state index contributed by atoms with van der Waals surface area (Å²) in [4.78, 5) is 3.14. The molecule has 0 N–H and O–H groups in total. The minimum absolute atomic E-state index is 0.695. The number of halogens is 1. The normalized spacial score (nSPS) is 7.89. The van der Waals surface area contributed by atoms with Crippen LogP contribution in [0.2, 0.25) is 0 Å². The molecule has 0 fully saturated rings. The van der Waals surface area contributed by atoms with E-state index in [2.05, 4.69) is 18.2 Å². The average Bonchev–Trinajstić information content (AvgIpc) is 1.88. The average molecular weight is 129 g/mol. The zero-order valence-electron chi connectivity index (χ0n) is 5.89. The third-order valence-electron chi connectivity index (χ3n) is 0.320. The largest absolute Gasteiger partial charge is 0.229 e. The summed E-state index contributed by atoms with van der Waals surface area (Å²) < 4.78 is 11.4. The molecule has 0 amide bonds. The highest BCUT2D eigenvalue weighted by molar-refractivity contribution is 5.70. The fourth-order valence-electron chi connectivity index (χ4n) is 0.134. The monoisotopic (exact) mass is 129 g/mol. The van der Waals surface area contributed by atoms with Gasteiger partial charge in [0.25, 0.3) is 0 Å². The van der Waals surface area contributed by atoms with Crippen LogP contribution in [0.1, 0.15) is 13.8 Å². The van der Waals surface area contributed by atoms with Gasteiger partial charge in [-0.2, -0.15) is 4.39 Å². The number of hydrogen-bond acceptors (Lipinski definition) is 1. The molecule has 0 heterocycles. The van der Waals surface area contributed by atoms with Crippen molar-refractivity contribution >= 4 is 6.21 Å². The Morgan fingerprint density at radius 2 is 2.00 bits per heavy atom. The van der Waals surface area contributed by atoms with E-state index < -0.39 is 5.95 Å². The van der Waals surface area contributed by atoms with Crippen molar-refractivity contribution in [2.75, 3.05) is 0 Å². The van der Waals surface area contributed by atoms with Gasteiger partial charge in [0.2, 0.25) is 5.95 Å². The van der Waals surface area contributed by atoms with Crippen LogP contribution in [0.25, 0.3) is 0 Å². The second kappa shape index (κ2) is 10.1. The fraction of sp³-hybridized carbons (Fsp3) is 0.286. The zero-order chi connectivity index (χ0) is 7.70. The molecule has 0 aromatic heterocycles. The molecule has 9 heavy (non-hydrogen) atoms. The van der Waals surface area contributed by atoms with E-state index in [0.29, 0.717) is 0 Å². The second-order valence-corrected chi connectivity index (χ2v) is 0.890. The van der Waals surface area contributed by atoms with Crippen LogP contribution in [0.4, 0.5) is 4.39 Å². The van der Waals surface area contributed by atoms with Crippen LogP contribution in [0.15, 0.2) is 30.2 Å². The lowest BCUT2D eigenvalue weighted by Gasteiger charge is -1.73. The molecule has 0 aromatic carbocycles. The molecule has 0 unspecified atom stereocenters. The molecule has 1 nitrogen and oxygen atoms in total. The molecule has 0 aromatic rings. The molecule has 0 spiro atoms. The SMILES string of the molecule is C=C/C=N\C(=C)F.CC. The van der Waals surface area contributed by atoms with Crippen LogP contribution in [0.5, 0.6) is 0 Å². The van der Waals surface area contributed by atoms with Crippen molar-refractivity contribution in [3.8, 4) is 0 Å². The summed E-state index contributed by atoms with van der Waals surface area (Å²) in [6, 6.07) is 0. The summed E-state index contributed by atoms with van der Waals surface area (Å²) in [5.74, 6) is -0.695. The summed E-state index contributed by atoms with van der Waals surface area (Å²) in [7, 11) is 0. The van der Waals surface area contributed by atoms with E-state index >= 15 is 0 Å². The lowest BCUT2D eigenvalue weighted by molar-refractivity contribution is 0.634. The summed E-state index contributed by atoms with van der Waals surface area (Å²) in [5.41, 5.74) is 0. The van der Waals surface area contributed by atoms with Gasteiger partial charge in [-0.25, -0.2) is 4.99 Å². The quantitative estimate of drug-likeness (QED) is 0.401. The molecule has 0 rings (SSSR count). The van der Waals surface area contributed by atoms with E-state index in [-0.39, 0.29) is 0 Å². The van der Waals surface area contributed by atoms with E-state index in [1.807, 2.05) is 13.8 Å². The zero-order valence-corrected chi connectivity index (χ0v) is 5.89. The second-order valence-electron chi connectivity index (χ2n) is 0.890. The van der Waals surface area contributed by atoms with Gasteiger partial charge < -0.3 is 0 Å². The van der Waals surface area contributed by atoms with Crippen LogP contribution >= 0.6 is 0 Å². The summed E-state index contributed by atoms with van der Waals surface area (Å²) in [6.45, 7) is 10.2. The Balaban J connectivity index is 0. The maximum Gasteiger partial charge on any atom is 0.205 e. The molecule has 0 saturated heterocycles. The Kier molecular flexibility index (Phi) is 12.3.